The van der Waals surface area contributed by atoms with Crippen LogP contribution in [-0.2, 0) is 0 Å². The largest absolute Gasteiger partial charge is 0.489 e. The van der Waals surface area contributed by atoms with Gasteiger partial charge in [0.2, 0.25) is 0 Å². The lowest BCUT2D eigenvalue weighted by Crippen LogP contribution is -2.27. The predicted octanol–water partition coefficient (Wildman–Crippen LogP) is 4.29. The maximum Gasteiger partial charge on any atom is 0.120 e. The molecule has 2 nitrogen and oxygen atoms in total. The van der Waals surface area contributed by atoms with E-state index in [4.69, 9.17) is 4.74 Å². The van der Waals surface area contributed by atoms with Gasteiger partial charge in [0.25, 0.3) is 0 Å². The lowest BCUT2D eigenvalue weighted by atomic mass is 9.99. The van der Waals surface area contributed by atoms with Crippen LogP contribution in [-0.4, -0.2) is 31.6 Å². The number of fused-ring (bicyclic) bond motifs is 1. The van der Waals surface area contributed by atoms with Crippen molar-refractivity contribution in [3.63, 3.8) is 0 Å². The van der Waals surface area contributed by atoms with E-state index >= 15 is 0 Å². The van der Waals surface area contributed by atoms with Crippen molar-refractivity contribution in [1.82, 2.24) is 4.90 Å². The van der Waals surface area contributed by atoms with Crippen molar-refractivity contribution in [1.29, 1.82) is 0 Å². The molecule has 0 aliphatic carbocycles. The highest BCUT2D eigenvalue weighted by Crippen LogP contribution is 2.25. The molecule has 2 aromatic carbocycles. The summed E-state index contributed by atoms with van der Waals surface area (Å²) in [5, 5.41) is 2.52. The first kappa shape index (κ1) is 14.9. The Bertz CT molecular complexity index is 575. The lowest BCUT2D eigenvalue weighted by Gasteiger charge is -2.19. The minimum absolute atomic E-state index is 0.190. The standard InChI is InChI=1S/C18H25NO/c1-13(2)16-7-6-15-8-9-18(11-17(15)10-16)20-14(3)12-19(4)5/h6-11,13-14H,12H2,1-5H3. The fraction of sp³-hybridized carbons (Fsp3) is 0.444. The summed E-state index contributed by atoms with van der Waals surface area (Å²) in [4.78, 5) is 2.14. The third-order valence-corrected chi connectivity index (χ3v) is 3.46. The van der Waals surface area contributed by atoms with Gasteiger partial charge in [-0.1, -0.05) is 38.1 Å². The minimum atomic E-state index is 0.190. The van der Waals surface area contributed by atoms with Gasteiger partial charge in [0.1, 0.15) is 11.9 Å². The first-order valence-electron chi connectivity index (χ1n) is 7.31. The topological polar surface area (TPSA) is 12.5 Å². The smallest absolute Gasteiger partial charge is 0.120 e. The monoisotopic (exact) mass is 271 g/mol. The number of rotatable bonds is 5. The summed E-state index contributed by atoms with van der Waals surface area (Å²) in [7, 11) is 4.13. The zero-order valence-corrected chi connectivity index (χ0v) is 13.2. The average Bonchev–Trinajstić information content (AvgIpc) is 2.36. The van der Waals surface area contributed by atoms with Gasteiger partial charge in [-0.05, 0) is 55.4 Å². The Morgan fingerprint density at radius 3 is 2.30 bits per heavy atom. The van der Waals surface area contributed by atoms with Crippen molar-refractivity contribution in [3.8, 4) is 5.75 Å². The zero-order valence-electron chi connectivity index (χ0n) is 13.2. The number of hydrogen-bond donors (Lipinski definition) is 0. The van der Waals surface area contributed by atoms with Crippen molar-refractivity contribution in [2.75, 3.05) is 20.6 Å². The molecule has 0 radical (unpaired) electrons. The molecule has 2 aromatic rings. The zero-order chi connectivity index (χ0) is 14.7. The first-order chi connectivity index (χ1) is 9.45. The van der Waals surface area contributed by atoms with Crippen molar-refractivity contribution in [3.05, 3.63) is 42.0 Å². The van der Waals surface area contributed by atoms with E-state index in [1.165, 1.54) is 16.3 Å². The van der Waals surface area contributed by atoms with Gasteiger partial charge in [0.15, 0.2) is 0 Å². The van der Waals surface area contributed by atoms with Gasteiger partial charge in [-0.25, -0.2) is 0 Å². The van der Waals surface area contributed by atoms with E-state index in [1.807, 2.05) is 0 Å². The van der Waals surface area contributed by atoms with Crippen LogP contribution >= 0.6 is 0 Å². The van der Waals surface area contributed by atoms with Gasteiger partial charge in [0.05, 0.1) is 0 Å². The molecule has 0 amide bonds. The molecule has 0 fully saturated rings. The summed E-state index contributed by atoms with van der Waals surface area (Å²) >= 11 is 0. The lowest BCUT2D eigenvalue weighted by molar-refractivity contribution is 0.177. The molecule has 0 aromatic heterocycles. The van der Waals surface area contributed by atoms with E-state index in [1.54, 1.807) is 0 Å². The maximum atomic E-state index is 5.99. The van der Waals surface area contributed by atoms with E-state index in [2.05, 4.69) is 76.2 Å². The number of nitrogens with zero attached hydrogens (tertiary/aromatic N) is 1. The highest BCUT2D eigenvalue weighted by Gasteiger charge is 2.07. The van der Waals surface area contributed by atoms with Crippen LogP contribution in [0.5, 0.6) is 5.75 Å². The number of hydrogen-bond acceptors (Lipinski definition) is 2. The Kier molecular flexibility index (Phi) is 4.66. The van der Waals surface area contributed by atoms with E-state index < -0.39 is 0 Å². The second-order valence-electron chi connectivity index (χ2n) is 6.11. The quantitative estimate of drug-likeness (QED) is 0.804. The molecule has 0 saturated carbocycles. The summed E-state index contributed by atoms with van der Waals surface area (Å²) in [5.41, 5.74) is 1.37. The molecule has 1 atom stereocenters. The van der Waals surface area contributed by atoms with E-state index in [0.29, 0.717) is 5.92 Å². The third kappa shape index (κ3) is 3.73. The average molecular weight is 271 g/mol. The summed E-state index contributed by atoms with van der Waals surface area (Å²) in [6.45, 7) is 7.47. The molecule has 0 spiro atoms. The normalized spacial score (nSPS) is 13.2. The molecular formula is C18H25NO. The molecule has 1 unspecified atom stereocenters. The second-order valence-corrected chi connectivity index (χ2v) is 6.11. The highest BCUT2D eigenvalue weighted by molar-refractivity contribution is 5.84. The maximum absolute atomic E-state index is 5.99. The molecule has 0 heterocycles. The Morgan fingerprint density at radius 1 is 0.950 bits per heavy atom. The van der Waals surface area contributed by atoms with E-state index in [0.717, 1.165) is 12.3 Å². The van der Waals surface area contributed by atoms with Crippen molar-refractivity contribution >= 4 is 10.8 Å². The van der Waals surface area contributed by atoms with Crippen molar-refractivity contribution in [2.45, 2.75) is 32.8 Å². The van der Waals surface area contributed by atoms with Crippen molar-refractivity contribution in [2.24, 2.45) is 0 Å². The molecule has 0 saturated heterocycles. The molecule has 0 aliphatic heterocycles. The Hall–Kier alpha value is -1.54. The van der Waals surface area contributed by atoms with Gasteiger partial charge >= 0.3 is 0 Å². The SMILES string of the molecule is CC(CN(C)C)Oc1ccc2ccc(C(C)C)cc2c1. The Balaban J connectivity index is 2.23. The Morgan fingerprint density at radius 2 is 1.65 bits per heavy atom. The van der Waals surface area contributed by atoms with E-state index in [9.17, 15) is 0 Å². The summed E-state index contributed by atoms with van der Waals surface area (Å²) in [5.74, 6) is 1.50. The van der Waals surface area contributed by atoms with Crippen LogP contribution in [0.1, 0.15) is 32.3 Å². The number of benzene rings is 2. The molecule has 0 bridgehead atoms. The van der Waals surface area contributed by atoms with Gasteiger partial charge < -0.3 is 9.64 Å². The summed E-state index contributed by atoms with van der Waals surface area (Å²) in [6.07, 6.45) is 0.190. The van der Waals surface area contributed by atoms with Crippen LogP contribution < -0.4 is 4.74 Å². The molecule has 2 rings (SSSR count). The van der Waals surface area contributed by atoms with Gasteiger partial charge in [-0.15, -0.1) is 0 Å². The van der Waals surface area contributed by atoms with Crippen LogP contribution in [0.4, 0.5) is 0 Å². The third-order valence-electron chi connectivity index (χ3n) is 3.46. The first-order valence-corrected chi connectivity index (χ1v) is 7.31. The molecule has 0 aliphatic rings. The van der Waals surface area contributed by atoms with Crippen LogP contribution in [0, 0.1) is 0 Å². The molecule has 0 N–H and O–H groups in total. The number of likely N-dealkylation sites (N-methyl/N-ethyl adjacent to an activating group) is 1. The van der Waals surface area contributed by atoms with Crippen LogP contribution in [0.25, 0.3) is 10.8 Å². The molecule has 2 heteroatoms. The second kappa shape index (κ2) is 6.27. The van der Waals surface area contributed by atoms with Crippen LogP contribution in [0.15, 0.2) is 36.4 Å². The van der Waals surface area contributed by atoms with Crippen LogP contribution in [0.2, 0.25) is 0 Å². The van der Waals surface area contributed by atoms with Gasteiger partial charge in [-0.3, -0.25) is 0 Å². The Labute approximate surface area is 122 Å². The fourth-order valence-corrected chi connectivity index (χ4v) is 2.46. The molecule has 20 heavy (non-hydrogen) atoms. The molecule has 108 valence electrons. The van der Waals surface area contributed by atoms with Gasteiger partial charge in [-0.2, -0.15) is 0 Å². The highest BCUT2D eigenvalue weighted by atomic mass is 16.5. The van der Waals surface area contributed by atoms with Gasteiger partial charge in [0, 0.05) is 6.54 Å². The molecular weight excluding hydrogens is 246 g/mol. The van der Waals surface area contributed by atoms with E-state index in [-0.39, 0.29) is 6.10 Å². The van der Waals surface area contributed by atoms with Crippen molar-refractivity contribution < 1.29 is 4.74 Å². The summed E-state index contributed by atoms with van der Waals surface area (Å²) < 4.78 is 5.99. The summed E-state index contributed by atoms with van der Waals surface area (Å²) in [6, 6.07) is 13.0. The minimum Gasteiger partial charge on any atom is -0.489 e. The van der Waals surface area contributed by atoms with Crippen LogP contribution in [0.3, 0.4) is 0 Å². The number of ether oxygens (including phenoxy) is 1. The fourth-order valence-electron chi connectivity index (χ4n) is 2.46. The predicted molar refractivity (Wildman–Crippen MR) is 86.7 cm³/mol.